The van der Waals surface area contributed by atoms with Crippen LogP contribution in [0, 0.1) is 13.8 Å². The van der Waals surface area contributed by atoms with Crippen molar-refractivity contribution in [2.75, 3.05) is 6.54 Å². The van der Waals surface area contributed by atoms with Gasteiger partial charge in [0.2, 0.25) is 5.82 Å². The van der Waals surface area contributed by atoms with Gasteiger partial charge in [-0.2, -0.15) is 13.2 Å². The van der Waals surface area contributed by atoms with Gasteiger partial charge in [-0.15, -0.1) is 21.5 Å². The minimum atomic E-state index is -4.55. The summed E-state index contributed by atoms with van der Waals surface area (Å²) in [4.78, 5) is 19.0. The van der Waals surface area contributed by atoms with Gasteiger partial charge < -0.3 is 14.8 Å². The van der Waals surface area contributed by atoms with Crippen molar-refractivity contribution in [2.24, 2.45) is 0 Å². The van der Waals surface area contributed by atoms with Crippen LogP contribution in [0.1, 0.15) is 27.2 Å². The molecule has 3 rings (SSSR count). The molecule has 0 aliphatic carbocycles. The number of hydrogen-bond donors (Lipinski definition) is 1. The average molecular weight is 360 g/mol. The Morgan fingerprint density at radius 2 is 2.04 bits per heavy atom. The van der Waals surface area contributed by atoms with E-state index in [-0.39, 0.29) is 38.0 Å². The van der Waals surface area contributed by atoms with Gasteiger partial charge in [0.15, 0.2) is 5.82 Å². The predicted molar refractivity (Wildman–Crippen MR) is 79.3 cm³/mol. The Balaban J connectivity index is 1.63. The number of carbonyl (C=O) groups excluding carboxylic acids is 1. The van der Waals surface area contributed by atoms with E-state index >= 15 is 0 Å². The van der Waals surface area contributed by atoms with Crippen molar-refractivity contribution in [2.45, 2.75) is 39.7 Å². The second-order valence-corrected chi connectivity index (χ2v) is 6.71. The van der Waals surface area contributed by atoms with Crippen LogP contribution in [0.15, 0.2) is 0 Å². The van der Waals surface area contributed by atoms with Crippen molar-refractivity contribution in [3.05, 3.63) is 27.2 Å². The molecule has 0 aromatic carbocycles. The van der Waals surface area contributed by atoms with Crippen molar-refractivity contribution in [1.29, 1.82) is 0 Å². The monoisotopic (exact) mass is 360 g/mol. The van der Waals surface area contributed by atoms with E-state index in [1.807, 2.05) is 13.8 Å². The van der Waals surface area contributed by atoms with Crippen LogP contribution in [0.4, 0.5) is 18.0 Å². The molecule has 0 atom stereocenters. The third-order valence-electron chi connectivity index (χ3n) is 3.76. The maximum atomic E-state index is 12.8. The first kappa shape index (κ1) is 16.7. The number of amides is 2. The molecule has 0 fully saturated rings. The number of urea groups is 1. The molecule has 0 bridgehead atoms. The molecule has 0 saturated heterocycles. The summed E-state index contributed by atoms with van der Waals surface area (Å²) < 4.78 is 39.4. The lowest BCUT2D eigenvalue weighted by Crippen LogP contribution is -2.44. The number of nitrogens with zero attached hydrogens (tertiary/aromatic N) is 5. The number of fused-ring (bicyclic) bond motifs is 1. The van der Waals surface area contributed by atoms with Crippen molar-refractivity contribution >= 4 is 17.4 Å². The lowest BCUT2D eigenvalue weighted by atomic mass is 10.3. The highest BCUT2D eigenvalue weighted by atomic mass is 32.1. The largest absolute Gasteiger partial charge is 0.451 e. The van der Waals surface area contributed by atoms with Gasteiger partial charge in [-0.05, 0) is 13.8 Å². The van der Waals surface area contributed by atoms with Crippen molar-refractivity contribution < 1.29 is 18.0 Å². The Kier molecular flexibility index (Phi) is 4.20. The SMILES string of the molecule is Cc1nc(CNC(=O)N2CCn3c(nnc3C(F)(F)F)C2)sc1C. The van der Waals surface area contributed by atoms with Crippen molar-refractivity contribution in [3.8, 4) is 0 Å². The molecule has 0 spiro atoms. The predicted octanol–water partition coefficient (Wildman–Crippen LogP) is 2.10. The normalized spacial score (nSPS) is 14.6. The Labute approximate surface area is 139 Å². The van der Waals surface area contributed by atoms with Crippen molar-refractivity contribution in [1.82, 2.24) is 30.0 Å². The Hall–Kier alpha value is -2.17. The molecule has 0 unspecified atom stereocenters. The summed E-state index contributed by atoms with van der Waals surface area (Å²) in [5.41, 5.74) is 0.926. The van der Waals surface area contributed by atoms with Gasteiger partial charge in [-0.1, -0.05) is 0 Å². The summed E-state index contributed by atoms with van der Waals surface area (Å²) in [5.74, 6) is -0.893. The minimum Gasteiger partial charge on any atom is -0.331 e. The first-order valence-corrected chi connectivity index (χ1v) is 8.02. The van der Waals surface area contributed by atoms with Crippen LogP contribution in [-0.2, 0) is 25.8 Å². The van der Waals surface area contributed by atoms with Crippen LogP contribution < -0.4 is 5.32 Å². The molecule has 2 aromatic heterocycles. The van der Waals surface area contributed by atoms with E-state index in [0.29, 0.717) is 0 Å². The van der Waals surface area contributed by atoms with Crippen LogP contribution >= 0.6 is 11.3 Å². The maximum absolute atomic E-state index is 12.8. The third kappa shape index (κ3) is 3.21. The molecule has 3 heterocycles. The first-order valence-electron chi connectivity index (χ1n) is 7.20. The van der Waals surface area contributed by atoms with Gasteiger partial charge >= 0.3 is 12.2 Å². The smallest absolute Gasteiger partial charge is 0.331 e. The van der Waals surface area contributed by atoms with E-state index in [0.717, 1.165) is 20.1 Å². The van der Waals surface area contributed by atoms with Crippen molar-refractivity contribution in [3.63, 3.8) is 0 Å². The number of aromatic nitrogens is 4. The summed E-state index contributed by atoms with van der Waals surface area (Å²) in [5, 5.41) is 10.3. The van der Waals surface area contributed by atoms with Gasteiger partial charge in [-0.25, -0.2) is 9.78 Å². The molecule has 130 valence electrons. The summed E-state index contributed by atoms with van der Waals surface area (Å²) in [6.45, 7) is 4.30. The van der Waals surface area contributed by atoms with Crippen LogP contribution in [0.25, 0.3) is 0 Å². The third-order valence-corrected chi connectivity index (χ3v) is 4.83. The van der Waals surface area contributed by atoms with Gasteiger partial charge in [-0.3, -0.25) is 0 Å². The number of thiazole rings is 1. The molecule has 11 heteroatoms. The Bertz CT molecular complexity index is 749. The standard InChI is InChI=1S/C13H15F3N6OS/c1-7-8(2)24-10(18-7)5-17-12(23)21-3-4-22-9(6-21)19-20-11(22)13(14,15)16/h3-6H2,1-2H3,(H,17,23). The highest BCUT2D eigenvalue weighted by molar-refractivity contribution is 7.11. The highest BCUT2D eigenvalue weighted by Crippen LogP contribution is 2.29. The first-order chi connectivity index (χ1) is 11.3. The molecule has 7 nitrogen and oxygen atoms in total. The Morgan fingerprint density at radius 1 is 1.29 bits per heavy atom. The summed E-state index contributed by atoms with van der Waals surface area (Å²) in [7, 11) is 0. The lowest BCUT2D eigenvalue weighted by molar-refractivity contribution is -0.147. The van der Waals surface area contributed by atoms with E-state index < -0.39 is 12.0 Å². The second kappa shape index (κ2) is 6.04. The van der Waals surface area contributed by atoms with E-state index in [9.17, 15) is 18.0 Å². The van der Waals surface area contributed by atoms with E-state index in [4.69, 9.17) is 0 Å². The zero-order valence-corrected chi connectivity index (χ0v) is 13.8. The summed E-state index contributed by atoms with van der Waals surface area (Å²) in [6, 6.07) is -0.358. The molecule has 2 aromatic rings. The minimum absolute atomic E-state index is 0.00909. The van der Waals surface area contributed by atoms with E-state index in [1.165, 1.54) is 16.2 Å². The van der Waals surface area contributed by atoms with E-state index in [2.05, 4.69) is 20.5 Å². The molecular weight excluding hydrogens is 345 g/mol. The van der Waals surface area contributed by atoms with E-state index in [1.54, 1.807) is 0 Å². The molecule has 1 aliphatic heterocycles. The van der Waals surface area contributed by atoms with Crippen LogP contribution in [0.3, 0.4) is 0 Å². The van der Waals surface area contributed by atoms with Gasteiger partial charge in [0.05, 0.1) is 18.8 Å². The number of hydrogen-bond acceptors (Lipinski definition) is 5. The number of halogens is 3. The molecule has 2 amide bonds. The molecule has 0 radical (unpaired) electrons. The number of nitrogens with one attached hydrogen (secondary N) is 1. The lowest BCUT2D eigenvalue weighted by Gasteiger charge is -2.28. The molecule has 1 N–H and O–H groups in total. The topological polar surface area (TPSA) is 75.9 Å². The van der Waals surface area contributed by atoms with Gasteiger partial charge in [0.1, 0.15) is 5.01 Å². The number of rotatable bonds is 2. The summed E-state index contributed by atoms with van der Waals surface area (Å²) >= 11 is 1.50. The van der Waals surface area contributed by atoms with Gasteiger partial charge in [0, 0.05) is 18.0 Å². The maximum Gasteiger partial charge on any atom is 0.451 e. The molecule has 1 aliphatic rings. The fourth-order valence-electron chi connectivity index (χ4n) is 2.42. The fraction of sp³-hybridized carbons (Fsp3) is 0.538. The summed E-state index contributed by atoms with van der Waals surface area (Å²) in [6.07, 6.45) is -4.55. The fourth-order valence-corrected chi connectivity index (χ4v) is 3.29. The highest BCUT2D eigenvalue weighted by Gasteiger charge is 2.39. The second-order valence-electron chi connectivity index (χ2n) is 5.42. The van der Waals surface area contributed by atoms with Crippen LogP contribution in [0.5, 0.6) is 0 Å². The van der Waals surface area contributed by atoms with Crippen LogP contribution in [0.2, 0.25) is 0 Å². The zero-order chi connectivity index (χ0) is 17.5. The zero-order valence-electron chi connectivity index (χ0n) is 13.0. The van der Waals surface area contributed by atoms with Gasteiger partial charge in [0.25, 0.3) is 0 Å². The average Bonchev–Trinajstić information content (AvgIpc) is 3.07. The molecule has 0 saturated carbocycles. The molecular formula is C13H15F3N6OS. The molecule has 24 heavy (non-hydrogen) atoms. The number of carbonyl (C=O) groups is 1. The quantitative estimate of drug-likeness (QED) is 0.890. The Morgan fingerprint density at radius 3 is 2.67 bits per heavy atom. The number of alkyl halides is 3. The van der Waals surface area contributed by atoms with Crippen LogP contribution in [-0.4, -0.2) is 37.2 Å². The number of aryl methyl sites for hydroxylation is 2.